The number of unbranched alkanes of at least 4 members (excludes halogenated alkanes) is 9. The first-order valence-corrected chi connectivity index (χ1v) is 20.5. The van der Waals surface area contributed by atoms with Crippen molar-refractivity contribution >= 4 is 22.3 Å². The zero-order valence-corrected chi connectivity index (χ0v) is 41.6. The van der Waals surface area contributed by atoms with Gasteiger partial charge in [0.2, 0.25) is 0 Å². The maximum absolute atomic E-state index is 9.77. The van der Waals surface area contributed by atoms with Crippen molar-refractivity contribution in [1.29, 1.82) is 0 Å². The summed E-state index contributed by atoms with van der Waals surface area (Å²) in [6.45, 7) is 12.7. The number of carboxylic acids is 2. The first kappa shape index (κ1) is 80.5. The molecule has 1 fully saturated rings. The summed E-state index contributed by atoms with van der Waals surface area (Å²) in [4.78, 5) is 19.5. The van der Waals surface area contributed by atoms with E-state index in [1.165, 1.54) is 70.6 Å². The molecule has 0 amide bonds. The predicted octanol–water partition coefficient (Wildman–Crippen LogP) is -9.20. The van der Waals surface area contributed by atoms with Crippen molar-refractivity contribution in [2.75, 3.05) is 33.0 Å². The molecule has 0 aromatic rings. The van der Waals surface area contributed by atoms with Crippen LogP contribution < -0.4 is 63.8 Å². The van der Waals surface area contributed by atoms with Gasteiger partial charge in [0.05, 0.1) is 32.5 Å². The smallest absolute Gasteiger partial charge is 1.00 e. The molecule has 24 heteroatoms. The van der Waals surface area contributed by atoms with Crippen LogP contribution in [0.2, 0.25) is 0 Å². The third-order valence-electron chi connectivity index (χ3n) is 7.73. The van der Waals surface area contributed by atoms with Crippen LogP contribution in [0.15, 0.2) is 0 Å². The number of aliphatic hydroxyl groups is 12. The summed E-state index contributed by atoms with van der Waals surface area (Å²) in [7, 11) is -4.67. The molecule has 0 spiro atoms. The van der Waals surface area contributed by atoms with Gasteiger partial charge >= 0.3 is 81.5 Å². The van der Waals surface area contributed by atoms with E-state index in [9.17, 15) is 14.7 Å². The van der Waals surface area contributed by atoms with Crippen molar-refractivity contribution in [2.45, 2.75) is 161 Å². The quantitative estimate of drug-likeness (QED) is 0.0247. The topological polar surface area (TPSA) is 392 Å². The van der Waals surface area contributed by atoms with Crippen molar-refractivity contribution in [3.05, 3.63) is 6.92 Å². The first-order valence-electron chi connectivity index (χ1n) is 19.1. The minimum atomic E-state index is -4.67. The van der Waals surface area contributed by atoms with Crippen LogP contribution in [0.4, 0.5) is 0 Å². The van der Waals surface area contributed by atoms with Crippen molar-refractivity contribution < 1.29 is 162 Å². The van der Waals surface area contributed by atoms with Gasteiger partial charge in [-0.05, 0) is 37.5 Å². The molecule has 1 saturated carbocycles. The molecule has 0 radical (unpaired) electrons. The van der Waals surface area contributed by atoms with Crippen LogP contribution >= 0.6 is 0 Å². The molecule has 0 bridgehead atoms. The third kappa shape index (κ3) is 64.9. The van der Waals surface area contributed by atoms with E-state index in [-0.39, 0.29) is 89.7 Å². The Morgan fingerprint density at radius 3 is 1.20 bits per heavy atom. The van der Waals surface area contributed by atoms with E-state index in [4.69, 9.17) is 83.9 Å². The molecule has 0 aromatic heterocycles. The Hall–Kier alpha value is 0.260. The van der Waals surface area contributed by atoms with Crippen LogP contribution in [0.3, 0.4) is 0 Å². The largest absolute Gasteiger partial charge is 1.00 e. The van der Waals surface area contributed by atoms with Gasteiger partial charge in [0.25, 0.3) is 0 Å². The molecule has 16 N–H and O–H groups in total. The molecule has 0 saturated heterocycles. The molecule has 7 unspecified atom stereocenters. The molecular formula is C36H79FNa2O20S. The van der Waals surface area contributed by atoms with Crippen LogP contribution in [0.5, 0.6) is 0 Å². The van der Waals surface area contributed by atoms with Crippen LogP contribution in [-0.2, 0) is 20.0 Å². The van der Waals surface area contributed by atoms with E-state index in [0.29, 0.717) is 11.8 Å². The maximum Gasteiger partial charge on any atom is 1.00 e. The molecule has 0 heterocycles. The molecule has 1 aliphatic carbocycles. The number of hydrogen-bond donors (Lipinski definition) is 16. The minimum Gasteiger partial charge on any atom is -1.00 e. The molecule has 0 aromatic carbocycles. The van der Waals surface area contributed by atoms with Gasteiger partial charge < -0.3 is 83.1 Å². The van der Waals surface area contributed by atoms with E-state index >= 15 is 0 Å². The van der Waals surface area contributed by atoms with Gasteiger partial charge in [0, 0.05) is 6.61 Å². The Labute approximate surface area is 400 Å². The van der Waals surface area contributed by atoms with Gasteiger partial charge in [-0.25, -0.2) is 9.59 Å². The Morgan fingerprint density at radius 2 is 0.983 bits per heavy atom. The van der Waals surface area contributed by atoms with E-state index in [1.807, 2.05) is 0 Å². The summed E-state index contributed by atoms with van der Waals surface area (Å²) in [5, 5.41) is 116. The standard InChI is InChI=1S/C12H25.C10H20O.C5H12O5.C4H6O6.C3H8O3.C2H6O.FH.2Na.H2O4S/c1-3-5-7-9-11-12-10-8-6-4-2;1-7(2)9-5-4-8(3)6-10(9)11;6-1-3(8)5(10)4(9)2-7;5-1(3(7)8)2(6)4(9)10;4-1-3(6)2-5;1-2-3;;;;1-5(2,3)4/h1,3-12H2,2H3;7-11H,4-6H2,1-3H3;3-10H,1-2H2;1-2,5-6H,(H,7,8)(H,9,10);3-6H,1-2H2;3H,2H2,1H3;1H;;;(H2,1,2,3,4)/q-1;;;;;;;2*+1;/p-1. The van der Waals surface area contributed by atoms with Crippen LogP contribution in [-0.4, -0.2) is 177 Å². The fraction of sp³-hybridized carbons (Fsp3) is 0.917. The first-order chi connectivity index (χ1) is 26.3. The molecule has 358 valence electrons. The van der Waals surface area contributed by atoms with Crippen molar-refractivity contribution in [2.24, 2.45) is 17.8 Å². The van der Waals surface area contributed by atoms with E-state index < -0.39 is 72.2 Å². The zero-order valence-electron chi connectivity index (χ0n) is 36.8. The number of carboxylic acid groups (broad SMARTS) is 2. The molecule has 0 aliphatic heterocycles. The van der Waals surface area contributed by atoms with Gasteiger partial charge in [-0.15, -0.1) is 0 Å². The van der Waals surface area contributed by atoms with Crippen molar-refractivity contribution in [1.82, 2.24) is 0 Å². The summed E-state index contributed by atoms with van der Waals surface area (Å²) < 4.78 is 31.6. The van der Waals surface area contributed by atoms with E-state index in [2.05, 4.69) is 34.6 Å². The van der Waals surface area contributed by atoms with Crippen LogP contribution in [0.25, 0.3) is 0 Å². The molecular weight excluding hydrogens is 849 g/mol. The number of halogens is 1. The van der Waals surface area contributed by atoms with Crippen LogP contribution in [0.1, 0.15) is 118 Å². The SMILES string of the molecule is CC1CCC(C(C)C)C(O)C1.CCO.O=C(O)C(O)C(O)C(=O)O.O=S(=O)(O)O.OCC(O)C(O)C(O)CO.OCC(O)CO.[CH2-]CCCCCCCCCCC.[F-].[Na+].[Na+]. The maximum atomic E-state index is 9.77. The molecule has 7 atom stereocenters. The zero-order chi connectivity index (χ0) is 46.2. The summed E-state index contributed by atoms with van der Waals surface area (Å²) in [5.41, 5.74) is 0. The van der Waals surface area contributed by atoms with Gasteiger partial charge in [0.15, 0.2) is 12.2 Å². The third-order valence-corrected chi connectivity index (χ3v) is 7.73. The average Bonchev–Trinajstić information content (AvgIpc) is 3.14. The summed E-state index contributed by atoms with van der Waals surface area (Å²) in [6.07, 6.45) is 7.62. The average molecular weight is 929 g/mol. The fourth-order valence-electron chi connectivity index (χ4n) is 4.44. The fourth-order valence-corrected chi connectivity index (χ4v) is 4.44. The molecule has 1 rings (SSSR count). The van der Waals surface area contributed by atoms with Crippen molar-refractivity contribution in [3.63, 3.8) is 0 Å². The van der Waals surface area contributed by atoms with Gasteiger partial charge in [-0.3, -0.25) is 9.11 Å². The Morgan fingerprint density at radius 1 is 0.667 bits per heavy atom. The minimum absolute atomic E-state index is 0. The molecule has 60 heavy (non-hydrogen) atoms. The number of aliphatic hydroxyl groups excluding tert-OH is 12. The number of aliphatic carboxylic acids is 2. The summed E-state index contributed by atoms with van der Waals surface area (Å²) >= 11 is 0. The Bertz CT molecular complexity index is 928. The molecule has 1 aliphatic rings. The Balaban J connectivity index is -0.0000000739. The monoisotopic (exact) mass is 928 g/mol. The second kappa shape index (κ2) is 55.4. The van der Waals surface area contributed by atoms with Gasteiger partial charge in [0.1, 0.15) is 24.4 Å². The van der Waals surface area contributed by atoms with E-state index in [1.54, 1.807) is 6.92 Å². The summed E-state index contributed by atoms with van der Waals surface area (Å²) in [6, 6.07) is 0. The van der Waals surface area contributed by atoms with E-state index in [0.717, 1.165) is 18.8 Å². The summed E-state index contributed by atoms with van der Waals surface area (Å²) in [5.74, 6) is -1.59. The predicted molar refractivity (Wildman–Crippen MR) is 211 cm³/mol. The second-order valence-electron chi connectivity index (χ2n) is 13.4. The van der Waals surface area contributed by atoms with Crippen LogP contribution in [0, 0.1) is 24.7 Å². The number of rotatable bonds is 19. The Kier molecular flexibility index (Phi) is 74.4. The number of hydrogen-bond acceptors (Lipinski definition) is 16. The van der Waals surface area contributed by atoms with Gasteiger partial charge in [-0.2, -0.15) is 14.8 Å². The second-order valence-corrected chi connectivity index (χ2v) is 14.3. The molecule has 20 nitrogen and oxygen atoms in total. The normalized spacial score (nSPS) is 17.6. The van der Waals surface area contributed by atoms with Crippen molar-refractivity contribution in [3.8, 4) is 0 Å². The van der Waals surface area contributed by atoms with Gasteiger partial charge in [-0.1, -0.05) is 91.9 Å². The number of carbonyl (C=O) groups is 2.